The molecule has 1 aromatic carbocycles. The van der Waals surface area contributed by atoms with Crippen molar-refractivity contribution in [1.82, 2.24) is 9.66 Å². The predicted molar refractivity (Wildman–Crippen MR) is 120 cm³/mol. The summed E-state index contributed by atoms with van der Waals surface area (Å²) in [6.07, 6.45) is 0. The Morgan fingerprint density at radius 3 is 2.62 bits per heavy atom. The van der Waals surface area contributed by atoms with E-state index in [-0.39, 0.29) is 28.1 Å². The summed E-state index contributed by atoms with van der Waals surface area (Å²) >= 11 is 3.88. The number of carbonyl (C=O) groups is 2. The van der Waals surface area contributed by atoms with Crippen LogP contribution in [-0.4, -0.2) is 33.0 Å². The minimum absolute atomic E-state index is 0.0418. The third-order valence-corrected chi connectivity index (χ3v) is 7.16. The molecular weight excluding hydrogens is 428 g/mol. The maximum absolute atomic E-state index is 13.0. The molecule has 0 bridgehead atoms. The van der Waals surface area contributed by atoms with Gasteiger partial charge in [-0.05, 0) is 25.0 Å². The van der Waals surface area contributed by atoms with Crippen LogP contribution in [0.15, 0.2) is 40.3 Å². The normalized spacial score (nSPS) is 11.0. The molecule has 3 rings (SSSR count). The maximum atomic E-state index is 13.0. The fourth-order valence-electron chi connectivity index (χ4n) is 2.60. The highest BCUT2D eigenvalue weighted by atomic mass is 32.2. The van der Waals surface area contributed by atoms with Gasteiger partial charge in [0.05, 0.1) is 16.9 Å². The Labute approximate surface area is 180 Å². The topological polar surface area (TPSA) is 107 Å². The van der Waals surface area contributed by atoms with Crippen molar-refractivity contribution in [3.63, 3.8) is 0 Å². The molecule has 0 saturated heterocycles. The standard InChI is InChI=1S/C19H20N4O3S3/c1-11-12(2)29-17-16(11)18(26)23(19(21-17)28-9-14(20)24)22-15(25)10-27-8-13-6-4-3-5-7-13/h3-7H,8-10H2,1-2H3,(H2,20,24)(H,22,25). The second-order valence-corrected chi connectivity index (χ2v) is 9.40. The van der Waals surface area contributed by atoms with Gasteiger partial charge >= 0.3 is 0 Å². The Morgan fingerprint density at radius 2 is 1.93 bits per heavy atom. The first-order chi connectivity index (χ1) is 13.9. The van der Waals surface area contributed by atoms with Crippen LogP contribution in [0, 0.1) is 13.8 Å². The van der Waals surface area contributed by atoms with E-state index in [4.69, 9.17) is 5.73 Å². The van der Waals surface area contributed by atoms with E-state index in [1.165, 1.54) is 23.1 Å². The quantitative estimate of drug-likeness (QED) is 0.405. The van der Waals surface area contributed by atoms with Crippen molar-refractivity contribution in [2.75, 3.05) is 16.9 Å². The molecule has 0 saturated carbocycles. The summed E-state index contributed by atoms with van der Waals surface area (Å²) in [5.74, 6) is -0.0214. The van der Waals surface area contributed by atoms with Crippen LogP contribution in [0.5, 0.6) is 0 Å². The smallest absolute Gasteiger partial charge is 0.282 e. The second kappa shape index (κ2) is 9.47. The highest BCUT2D eigenvalue weighted by molar-refractivity contribution is 7.99. The Hall–Kier alpha value is -2.30. The Bertz CT molecular complexity index is 1110. The number of thioether (sulfide) groups is 2. The molecule has 2 heterocycles. The molecule has 0 aliphatic carbocycles. The number of primary amides is 1. The number of aromatic nitrogens is 2. The average molecular weight is 449 g/mol. The van der Waals surface area contributed by atoms with E-state index in [2.05, 4.69) is 10.4 Å². The number of hydrogen-bond acceptors (Lipinski definition) is 7. The maximum Gasteiger partial charge on any atom is 0.282 e. The number of nitrogens with one attached hydrogen (secondary N) is 1. The number of nitrogens with zero attached hydrogens (tertiary/aromatic N) is 2. The van der Waals surface area contributed by atoms with Gasteiger partial charge in [0, 0.05) is 10.6 Å². The number of benzene rings is 1. The summed E-state index contributed by atoms with van der Waals surface area (Å²) in [7, 11) is 0. The fourth-order valence-corrected chi connectivity index (χ4v) is 5.14. The highest BCUT2D eigenvalue weighted by Crippen LogP contribution is 2.28. The molecule has 29 heavy (non-hydrogen) atoms. The number of amides is 2. The van der Waals surface area contributed by atoms with Crippen LogP contribution in [0.3, 0.4) is 0 Å². The summed E-state index contributed by atoms with van der Waals surface area (Å²) in [6, 6.07) is 9.82. The molecule has 0 unspecified atom stereocenters. The second-order valence-electron chi connectivity index (χ2n) is 6.27. The van der Waals surface area contributed by atoms with Gasteiger partial charge in [0.1, 0.15) is 4.83 Å². The minimum atomic E-state index is -0.529. The van der Waals surface area contributed by atoms with E-state index in [1.807, 2.05) is 44.2 Å². The predicted octanol–water partition coefficient (Wildman–Crippen LogP) is 2.66. The molecule has 0 spiro atoms. The molecule has 3 aromatic rings. The van der Waals surface area contributed by atoms with E-state index < -0.39 is 5.91 Å². The monoisotopic (exact) mass is 448 g/mol. The molecule has 7 nitrogen and oxygen atoms in total. The van der Waals surface area contributed by atoms with Gasteiger partial charge in [-0.1, -0.05) is 42.1 Å². The van der Waals surface area contributed by atoms with E-state index in [0.717, 1.165) is 32.4 Å². The summed E-state index contributed by atoms with van der Waals surface area (Å²) in [5, 5.41) is 0.720. The molecule has 0 aliphatic rings. The summed E-state index contributed by atoms with van der Waals surface area (Å²) < 4.78 is 1.13. The van der Waals surface area contributed by atoms with Crippen molar-refractivity contribution >= 4 is 56.9 Å². The largest absolute Gasteiger partial charge is 0.369 e. The van der Waals surface area contributed by atoms with Crippen molar-refractivity contribution in [2.45, 2.75) is 24.8 Å². The number of nitrogens with two attached hydrogens (primary N) is 1. The summed E-state index contributed by atoms with van der Waals surface area (Å²) in [4.78, 5) is 42.7. The molecule has 0 atom stereocenters. The van der Waals surface area contributed by atoms with E-state index in [0.29, 0.717) is 16.0 Å². The third-order valence-electron chi connectivity index (χ3n) is 4.10. The zero-order chi connectivity index (χ0) is 21.0. The van der Waals surface area contributed by atoms with E-state index in [9.17, 15) is 14.4 Å². The van der Waals surface area contributed by atoms with E-state index in [1.54, 1.807) is 0 Å². The molecule has 3 N–H and O–H groups in total. The van der Waals surface area contributed by atoms with Gasteiger partial charge in [-0.3, -0.25) is 19.8 Å². The molecule has 2 aromatic heterocycles. The van der Waals surface area contributed by atoms with Crippen LogP contribution in [0.4, 0.5) is 0 Å². The SMILES string of the molecule is Cc1sc2nc(SCC(N)=O)n(NC(=O)CSCc3ccccc3)c(=O)c2c1C. The van der Waals surface area contributed by atoms with Gasteiger partial charge in [0.2, 0.25) is 11.8 Å². The lowest BCUT2D eigenvalue weighted by molar-refractivity contribution is -0.116. The van der Waals surface area contributed by atoms with Gasteiger partial charge in [-0.2, -0.15) is 4.68 Å². The number of rotatable bonds is 8. The van der Waals surface area contributed by atoms with Crippen LogP contribution in [0.1, 0.15) is 16.0 Å². The van der Waals surface area contributed by atoms with Crippen LogP contribution in [-0.2, 0) is 15.3 Å². The molecule has 0 radical (unpaired) electrons. The average Bonchev–Trinajstić information content (AvgIpc) is 2.97. The zero-order valence-corrected chi connectivity index (χ0v) is 18.4. The van der Waals surface area contributed by atoms with Crippen molar-refractivity contribution in [2.24, 2.45) is 5.73 Å². The van der Waals surface area contributed by atoms with Gasteiger partial charge in [0.25, 0.3) is 5.56 Å². The van der Waals surface area contributed by atoms with Gasteiger partial charge in [0.15, 0.2) is 5.16 Å². The molecule has 0 fully saturated rings. The number of thiophene rings is 1. The number of fused-ring (bicyclic) bond motifs is 1. The van der Waals surface area contributed by atoms with Crippen molar-refractivity contribution < 1.29 is 9.59 Å². The number of aryl methyl sites for hydroxylation is 2. The lowest BCUT2D eigenvalue weighted by Gasteiger charge is -2.12. The van der Waals surface area contributed by atoms with Gasteiger partial charge in [-0.25, -0.2) is 4.98 Å². The lowest BCUT2D eigenvalue weighted by atomic mass is 10.2. The van der Waals surface area contributed by atoms with Crippen LogP contribution < -0.4 is 16.7 Å². The first-order valence-corrected chi connectivity index (χ1v) is 11.7. The zero-order valence-electron chi connectivity index (χ0n) is 15.9. The first-order valence-electron chi connectivity index (χ1n) is 8.72. The fraction of sp³-hybridized carbons (Fsp3) is 0.263. The molecule has 0 aliphatic heterocycles. The van der Waals surface area contributed by atoms with Crippen LogP contribution >= 0.6 is 34.9 Å². The molecular formula is C19H20N4O3S3. The van der Waals surface area contributed by atoms with Gasteiger partial charge in [-0.15, -0.1) is 23.1 Å². The van der Waals surface area contributed by atoms with Crippen molar-refractivity contribution in [3.05, 3.63) is 56.7 Å². The Kier molecular flexibility index (Phi) is 6.99. The lowest BCUT2D eigenvalue weighted by Crippen LogP contribution is -2.36. The molecule has 10 heteroatoms. The van der Waals surface area contributed by atoms with Gasteiger partial charge < -0.3 is 5.73 Å². The van der Waals surface area contributed by atoms with Crippen LogP contribution in [0.25, 0.3) is 10.2 Å². The molecule has 2 amide bonds. The molecule has 152 valence electrons. The highest BCUT2D eigenvalue weighted by Gasteiger charge is 2.18. The van der Waals surface area contributed by atoms with Crippen LogP contribution in [0.2, 0.25) is 0 Å². The third kappa shape index (κ3) is 5.20. The Morgan fingerprint density at radius 1 is 1.21 bits per heavy atom. The van der Waals surface area contributed by atoms with Crippen molar-refractivity contribution in [1.29, 1.82) is 0 Å². The minimum Gasteiger partial charge on any atom is -0.369 e. The number of hydrogen-bond donors (Lipinski definition) is 2. The van der Waals surface area contributed by atoms with E-state index >= 15 is 0 Å². The summed E-state index contributed by atoms with van der Waals surface area (Å²) in [5.41, 5.74) is 9.46. The Balaban J connectivity index is 1.81. The summed E-state index contributed by atoms with van der Waals surface area (Å²) in [6.45, 7) is 3.77. The van der Waals surface area contributed by atoms with Crippen molar-refractivity contribution in [3.8, 4) is 0 Å². The first kappa shape index (κ1) is 21.4. The number of carbonyl (C=O) groups excluding carboxylic acids is 2.